The van der Waals surface area contributed by atoms with Gasteiger partial charge in [-0.1, -0.05) is 60.7 Å². The minimum Gasteiger partial charge on any atom is -0.347 e. The summed E-state index contributed by atoms with van der Waals surface area (Å²) in [5.74, 6) is 0.299. The molecule has 5 heteroatoms. The number of hydrogen-bond donors (Lipinski definition) is 1. The number of carbonyl (C=O) groups is 2. The van der Waals surface area contributed by atoms with Gasteiger partial charge in [-0.05, 0) is 17.5 Å². The summed E-state index contributed by atoms with van der Waals surface area (Å²) in [7, 11) is 0. The highest BCUT2D eigenvalue weighted by atomic mass is 16.2. The Hall–Kier alpha value is -2.66. The highest BCUT2D eigenvalue weighted by molar-refractivity contribution is 5.76. The highest BCUT2D eigenvalue weighted by Crippen LogP contribution is 2.48. The molecule has 2 heterocycles. The molecular weight excluding hydrogens is 362 g/mol. The fourth-order valence-electron chi connectivity index (χ4n) is 5.31. The summed E-state index contributed by atoms with van der Waals surface area (Å²) in [6.07, 6.45) is 0.880. The maximum atomic E-state index is 12.2. The van der Waals surface area contributed by atoms with Gasteiger partial charge in [0.15, 0.2) is 0 Å². The highest BCUT2D eigenvalue weighted by Gasteiger charge is 2.56. The first-order valence-electron chi connectivity index (χ1n) is 10.4. The van der Waals surface area contributed by atoms with Crippen molar-refractivity contribution < 1.29 is 9.59 Å². The number of hydrogen-bond acceptors (Lipinski definition) is 3. The van der Waals surface area contributed by atoms with E-state index in [1.807, 2.05) is 17.0 Å². The maximum Gasteiger partial charge on any atom is 0.219 e. The fourth-order valence-corrected chi connectivity index (χ4v) is 5.31. The molecule has 0 spiro atoms. The molecule has 2 fully saturated rings. The first-order chi connectivity index (χ1) is 14.0. The van der Waals surface area contributed by atoms with Crippen LogP contribution >= 0.6 is 0 Å². The number of fused-ring (bicyclic) bond motifs is 1. The van der Waals surface area contributed by atoms with Crippen molar-refractivity contribution in [1.29, 1.82) is 0 Å². The summed E-state index contributed by atoms with van der Waals surface area (Å²) in [5, 5.41) is 3.28. The number of likely N-dealkylation sites (tertiary alicyclic amines) is 2. The molecular formula is C24H29N3O2. The van der Waals surface area contributed by atoms with Gasteiger partial charge in [0, 0.05) is 52.0 Å². The third-order valence-electron chi connectivity index (χ3n) is 6.39. The van der Waals surface area contributed by atoms with E-state index in [4.69, 9.17) is 0 Å². The summed E-state index contributed by atoms with van der Waals surface area (Å²) in [5.41, 5.74) is 2.11. The van der Waals surface area contributed by atoms with Crippen molar-refractivity contribution in [2.45, 2.75) is 38.4 Å². The molecule has 2 aliphatic heterocycles. The van der Waals surface area contributed by atoms with Crippen LogP contribution in [0.15, 0.2) is 60.7 Å². The average Bonchev–Trinajstić information content (AvgIpc) is 3.01. The van der Waals surface area contributed by atoms with Gasteiger partial charge in [-0.15, -0.1) is 0 Å². The lowest BCUT2D eigenvalue weighted by Crippen LogP contribution is -2.64. The SMILES string of the molecule is CC(=O)N[C@@]12CN(C(C)=O)CC[C@@H]1[C@@H](c1ccccc1)N(Cc1ccccc1)C2. The van der Waals surface area contributed by atoms with Gasteiger partial charge < -0.3 is 10.2 Å². The van der Waals surface area contributed by atoms with Crippen molar-refractivity contribution in [3.8, 4) is 0 Å². The van der Waals surface area contributed by atoms with Gasteiger partial charge in [-0.25, -0.2) is 0 Å². The summed E-state index contributed by atoms with van der Waals surface area (Å²) in [6, 6.07) is 21.2. The number of piperidine rings is 1. The fraction of sp³-hybridized carbons (Fsp3) is 0.417. The summed E-state index contributed by atoms with van der Waals surface area (Å²) in [6.45, 7) is 6.06. The van der Waals surface area contributed by atoms with Crippen LogP contribution in [0.25, 0.3) is 0 Å². The van der Waals surface area contributed by atoms with E-state index in [-0.39, 0.29) is 23.8 Å². The standard InChI is InChI=1S/C24H29N3O2/c1-18(28)25-24-16-26(19(2)29)14-13-22(24)23(21-11-7-4-8-12-21)27(17-24)15-20-9-5-3-6-10-20/h3-12,22-23H,13-17H2,1-2H3,(H,25,28)/t22-,23-,24-/m1/s1. The van der Waals surface area contributed by atoms with E-state index in [0.717, 1.165) is 26.1 Å². The van der Waals surface area contributed by atoms with Crippen LogP contribution in [-0.4, -0.2) is 46.8 Å². The van der Waals surface area contributed by atoms with E-state index in [0.29, 0.717) is 6.54 Å². The lowest BCUT2D eigenvalue weighted by Gasteiger charge is -2.45. The topological polar surface area (TPSA) is 52.7 Å². The van der Waals surface area contributed by atoms with Crippen LogP contribution in [0.3, 0.4) is 0 Å². The molecule has 4 rings (SSSR count). The normalized spacial score (nSPS) is 26.8. The number of nitrogens with zero attached hydrogens (tertiary/aromatic N) is 2. The Balaban J connectivity index is 1.74. The molecule has 0 aromatic heterocycles. The summed E-state index contributed by atoms with van der Waals surface area (Å²) in [4.78, 5) is 28.7. The van der Waals surface area contributed by atoms with Crippen LogP contribution in [0.1, 0.15) is 37.4 Å². The molecule has 2 saturated heterocycles. The van der Waals surface area contributed by atoms with Gasteiger partial charge in [-0.3, -0.25) is 14.5 Å². The monoisotopic (exact) mass is 391 g/mol. The Bertz CT molecular complexity index is 870. The van der Waals surface area contributed by atoms with E-state index in [2.05, 4.69) is 58.7 Å². The summed E-state index contributed by atoms with van der Waals surface area (Å²) >= 11 is 0. The van der Waals surface area contributed by atoms with Crippen LogP contribution in [0.5, 0.6) is 0 Å². The van der Waals surface area contributed by atoms with Gasteiger partial charge in [0.1, 0.15) is 0 Å². The van der Waals surface area contributed by atoms with Crippen molar-refractivity contribution in [1.82, 2.24) is 15.1 Å². The van der Waals surface area contributed by atoms with Crippen LogP contribution in [-0.2, 0) is 16.1 Å². The molecule has 2 aromatic rings. The molecule has 0 saturated carbocycles. The molecule has 0 radical (unpaired) electrons. The van der Waals surface area contributed by atoms with E-state index in [9.17, 15) is 9.59 Å². The van der Waals surface area contributed by atoms with Crippen molar-refractivity contribution in [2.24, 2.45) is 5.92 Å². The Morgan fingerprint density at radius 2 is 1.66 bits per heavy atom. The van der Waals surface area contributed by atoms with E-state index in [1.54, 1.807) is 13.8 Å². The Morgan fingerprint density at radius 1 is 1.00 bits per heavy atom. The number of benzene rings is 2. The quantitative estimate of drug-likeness (QED) is 0.872. The molecule has 0 unspecified atom stereocenters. The predicted molar refractivity (Wildman–Crippen MR) is 113 cm³/mol. The second-order valence-corrected chi connectivity index (χ2v) is 8.42. The number of carbonyl (C=O) groups excluding carboxylic acids is 2. The van der Waals surface area contributed by atoms with Crippen molar-refractivity contribution >= 4 is 11.8 Å². The molecule has 5 nitrogen and oxygen atoms in total. The van der Waals surface area contributed by atoms with Crippen molar-refractivity contribution in [2.75, 3.05) is 19.6 Å². The lowest BCUT2D eigenvalue weighted by molar-refractivity contribution is -0.134. The average molecular weight is 392 g/mol. The van der Waals surface area contributed by atoms with Gasteiger partial charge in [0.05, 0.1) is 5.54 Å². The zero-order valence-electron chi connectivity index (χ0n) is 17.2. The third kappa shape index (κ3) is 3.92. The summed E-state index contributed by atoms with van der Waals surface area (Å²) < 4.78 is 0. The smallest absolute Gasteiger partial charge is 0.219 e. The molecule has 2 aromatic carbocycles. The van der Waals surface area contributed by atoms with Crippen LogP contribution < -0.4 is 5.32 Å². The molecule has 2 amide bonds. The van der Waals surface area contributed by atoms with Gasteiger partial charge in [0.25, 0.3) is 0 Å². The molecule has 1 N–H and O–H groups in total. The van der Waals surface area contributed by atoms with E-state index < -0.39 is 5.54 Å². The Morgan fingerprint density at radius 3 is 2.28 bits per heavy atom. The van der Waals surface area contributed by atoms with Crippen molar-refractivity contribution in [3.63, 3.8) is 0 Å². The third-order valence-corrected chi connectivity index (χ3v) is 6.39. The molecule has 0 bridgehead atoms. The second-order valence-electron chi connectivity index (χ2n) is 8.42. The zero-order chi connectivity index (χ0) is 20.4. The molecule has 2 aliphatic rings. The minimum absolute atomic E-state index is 0.0335. The zero-order valence-corrected chi connectivity index (χ0v) is 17.2. The minimum atomic E-state index is -0.426. The second kappa shape index (κ2) is 7.99. The Labute approximate surface area is 172 Å². The van der Waals surface area contributed by atoms with Crippen LogP contribution in [0, 0.1) is 5.92 Å². The molecule has 0 aliphatic carbocycles. The lowest BCUT2D eigenvalue weighted by atomic mass is 9.75. The van der Waals surface area contributed by atoms with Crippen molar-refractivity contribution in [3.05, 3.63) is 71.8 Å². The molecule has 152 valence electrons. The van der Waals surface area contributed by atoms with E-state index in [1.165, 1.54) is 11.1 Å². The van der Waals surface area contributed by atoms with Gasteiger partial charge in [-0.2, -0.15) is 0 Å². The number of amides is 2. The van der Waals surface area contributed by atoms with Gasteiger partial charge in [0.2, 0.25) is 11.8 Å². The Kier molecular flexibility index (Phi) is 5.41. The predicted octanol–water partition coefficient (Wildman–Crippen LogP) is 2.99. The first kappa shape index (κ1) is 19.6. The maximum absolute atomic E-state index is 12.2. The molecule has 29 heavy (non-hydrogen) atoms. The van der Waals surface area contributed by atoms with Crippen LogP contribution in [0.4, 0.5) is 0 Å². The van der Waals surface area contributed by atoms with Gasteiger partial charge >= 0.3 is 0 Å². The number of rotatable bonds is 4. The molecule has 3 atom stereocenters. The number of nitrogens with one attached hydrogen (secondary N) is 1. The largest absolute Gasteiger partial charge is 0.347 e. The van der Waals surface area contributed by atoms with E-state index >= 15 is 0 Å². The van der Waals surface area contributed by atoms with Crippen LogP contribution in [0.2, 0.25) is 0 Å². The first-order valence-corrected chi connectivity index (χ1v) is 10.4.